The van der Waals surface area contributed by atoms with Crippen molar-refractivity contribution in [1.82, 2.24) is 9.97 Å². The molecule has 0 aliphatic heterocycles. The predicted molar refractivity (Wildman–Crippen MR) is 64.9 cm³/mol. The SMILES string of the molecule is O=c1cc([C@H]2C[C@H]3C=C[C@H]2C3)nc(C2CC2)[nH]1. The van der Waals surface area contributed by atoms with Crippen LogP contribution in [0.4, 0.5) is 0 Å². The molecule has 3 aliphatic rings. The van der Waals surface area contributed by atoms with Crippen LogP contribution in [0.5, 0.6) is 0 Å². The fourth-order valence-corrected chi connectivity index (χ4v) is 3.36. The third-order valence-corrected chi connectivity index (χ3v) is 4.40. The number of hydrogen-bond donors (Lipinski definition) is 1. The first-order valence-electron chi connectivity index (χ1n) is 6.59. The zero-order valence-corrected chi connectivity index (χ0v) is 9.73. The average molecular weight is 228 g/mol. The molecule has 0 radical (unpaired) electrons. The summed E-state index contributed by atoms with van der Waals surface area (Å²) in [5, 5.41) is 0. The van der Waals surface area contributed by atoms with Crippen molar-refractivity contribution in [3.05, 3.63) is 40.1 Å². The summed E-state index contributed by atoms with van der Waals surface area (Å²) < 4.78 is 0. The number of aromatic nitrogens is 2. The molecule has 3 nitrogen and oxygen atoms in total. The van der Waals surface area contributed by atoms with Gasteiger partial charge in [-0.3, -0.25) is 4.79 Å². The van der Waals surface area contributed by atoms with Gasteiger partial charge in [-0.2, -0.15) is 0 Å². The van der Waals surface area contributed by atoms with Crippen LogP contribution in [0, 0.1) is 11.8 Å². The van der Waals surface area contributed by atoms with Gasteiger partial charge in [-0.1, -0.05) is 12.2 Å². The van der Waals surface area contributed by atoms with E-state index >= 15 is 0 Å². The van der Waals surface area contributed by atoms with Gasteiger partial charge in [-0.15, -0.1) is 0 Å². The van der Waals surface area contributed by atoms with Crippen molar-refractivity contribution in [1.29, 1.82) is 0 Å². The van der Waals surface area contributed by atoms with E-state index in [1.807, 2.05) is 0 Å². The Labute approximate surface area is 100.0 Å². The number of nitrogens with zero attached hydrogens (tertiary/aromatic N) is 1. The summed E-state index contributed by atoms with van der Waals surface area (Å²) in [6, 6.07) is 1.71. The molecule has 3 atom stereocenters. The Morgan fingerprint density at radius 3 is 2.76 bits per heavy atom. The third-order valence-electron chi connectivity index (χ3n) is 4.40. The Kier molecular flexibility index (Phi) is 1.88. The fourth-order valence-electron chi connectivity index (χ4n) is 3.36. The van der Waals surface area contributed by atoms with Gasteiger partial charge >= 0.3 is 0 Å². The summed E-state index contributed by atoms with van der Waals surface area (Å²) in [5.74, 6) is 3.30. The number of allylic oxidation sites excluding steroid dienone is 2. The van der Waals surface area contributed by atoms with E-state index in [1.165, 1.54) is 25.7 Å². The number of hydrogen-bond acceptors (Lipinski definition) is 2. The standard InChI is InChI=1S/C14H16N2O/c17-13-7-12(15-14(16-13)9-3-4-9)11-6-8-1-2-10(11)5-8/h1-2,7-11H,3-6H2,(H,15,16,17)/t8-,10-,11-/m0/s1. The molecule has 1 N–H and O–H groups in total. The van der Waals surface area contributed by atoms with Crippen molar-refractivity contribution in [2.75, 3.05) is 0 Å². The molecule has 2 fully saturated rings. The van der Waals surface area contributed by atoms with Gasteiger partial charge in [0, 0.05) is 17.9 Å². The van der Waals surface area contributed by atoms with E-state index in [1.54, 1.807) is 6.07 Å². The van der Waals surface area contributed by atoms with Gasteiger partial charge in [0.05, 0.1) is 5.69 Å². The highest BCUT2D eigenvalue weighted by atomic mass is 16.1. The van der Waals surface area contributed by atoms with Gasteiger partial charge in [0.1, 0.15) is 5.82 Å². The van der Waals surface area contributed by atoms with Gasteiger partial charge in [-0.05, 0) is 37.5 Å². The molecule has 3 aliphatic carbocycles. The lowest BCUT2D eigenvalue weighted by atomic mass is 9.90. The topological polar surface area (TPSA) is 45.8 Å². The minimum absolute atomic E-state index is 0.0312. The lowest BCUT2D eigenvalue weighted by Gasteiger charge is -2.17. The molecule has 0 unspecified atom stereocenters. The molecule has 0 amide bonds. The number of fused-ring (bicyclic) bond motifs is 2. The van der Waals surface area contributed by atoms with Crippen LogP contribution >= 0.6 is 0 Å². The number of rotatable bonds is 2. The maximum Gasteiger partial charge on any atom is 0.251 e. The molecule has 1 aromatic rings. The van der Waals surface area contributed by atoms with E-state index in [0.717, 1.165) is 17.4 Å². The summed E-state index contributed by atoms with van der Waals surface area (Å²) >= 11 is 0. The Morgan fingerprint density at radius 2 is 2.12 bits per heavy atom. The molecule has 1 aromatic heterocycles. The van der Waals surface area contributed by atoms with Crippen LogP contribution in [-0.2, 0) is 0 Å². The molecule has 4 rings (SSSR count). The van der Waals surface area contributed by atoms with Crippen molar-refractivity contribution in [2.24, 2.45) is 11.8 Å². The molecule has 0 aromatic carbocycles. The number of H-pyrrole nitrogens is 1. The zero-order valence-electron chi connectivity index (χ0n) is 9.73. The Balaban J connectivity index is 1.73. The molecule has 3 heteroatoms. The van der Waals surface area contributed by atoms with Crippen molar-refractivity contribution >= 4 is 0 Å². The molecule has 2 bridgehead atoms. The van der Waals surface area contributed by atoms with Crippen LogP contribution in [0.2, 0.25) is 0 Å². The number of aromatic amines is 1. The fraction of sp³-hybridized carbons (Fsp3) is 0.571. The van der Waals surface area contributed by atoms with Gasteiger partial charge in [0.25, 0.3) is 5.56 Å². The van der Waals surface area contributed by atoms with E-state index in [2.05, 4.69) is 17.1 Å². The predicted octanol–water partition coefficient (Wildman–Crippen LogP) is 2.33. The van der Waals surface area contributed by atoms with Crippen molar-refractivity contribution < 1.29 is 0 Å². The van der Waals surface area contributed by atoms with E-state index < -0.39 is 0 Å². The average Bonchev–Trinajstić information content (AvgIpc) is 2.97. The molecule has 0 spiro atoms. The molecular formula is C14H16N2O. The molecule has 1 heterocycles. The van der Waals surface area contributed by atoms with Crippen molar-refractivity contribution in [3.8, 4) is 0 Å². The highest BCUT2D eigenvalue weighted by Gasteiger charge is 2.38. The first kappa shape index (κ1) is 9.63. The lowest BCUT2D eigenvalue weighted by Crippen LogP contribution is -2.16. The Bertz CT molecular complexity index is 541. The van der Waals surface area contributed by atoms with Gasteiger partial charge in [0.2, 0.25) is 0 Å². The maximum atomic E-state index is 11.7. The second-order valence-corrected chi connectivity index (χ2v) is 5.72. The Morgan fingerprint density at radius 1 is 1.24 bits per heavy atom. The van der Waals surface area contributed by atoms with Gasteiger partial charge in [-0.25, -0.2) is 4.98 Å². The largest absolute Gasteiger partial charge is 0.310 e. The molecule has 0 saturated heterocycles. The summed E-state index contributed by atoms with van der Waals surface area (Å²) in [5.41, 5.74) is 1.07. The van der Waals surface area contributed by atoms with E-state index in [4.69, 9.17) is 4.98 Å². The highest BCUT2D eigenvalue weighted by Crippen LogP contribution is 2.48. The minimum Gasteiger partial charge on any atom is -0.310 e. The highest BCUT2D eigenvalue weighted by molar-refractivity contribution is 5.23. The van der Waals surface area contributed by atoms with E-state index in [9.17, 15) is 4.79 Å². The van der Waals surface area contributed by atoms with Crippen LogP contribution in [0.25, 0.3) is 0 Å². The third kappa shape index (κ3) is 1.56. The van der Waals surface area contributed by atoms with Gasteiger partial charge < -0.3 is 4.98 Å². The summed E-state index contributed by atoms with van der Waals surface area (Å²) in [6.07, 6.45) is 9.46. The maximum absolute atomic E-state index is 11.7. The van der Waals surface area contributed by atoms with Crippen LogP contribution < -0.4 is 5.56 Å². The summed E-state index contributed by atoms with van der Waals surface area (Å²) in [7, 11) is 0. The molecular weight excluding hydrogens is 212 g/mol. The van der Waals surface area contributed by atoms with Crippen molar-refractivity contribution in [2.45, 2.75) is 37.5 Å². The summed E-state index contributed by atoms with van der Waals surface area (Å²) in [4.78, 5) is 19.3. The van der Waals surface area contributed by atoms with Crippen LogP contribution in [0.15, 0.2) is 23.0 Å². The molecule has 88 valence electrons. The molecule has 2 saturated carbocycles. The monoisotopic (exact) mass is 228 g/mol. The quantitative estimate of drug-likeness (QED) is 0.790. The first-order chi connectivity index (χ1) is 8.29. The minimum atomic E-state index is 0.0312. The normalized spacial score (nSPS) is 34.5. The van der Waals surface area contributed by atoms with Crippen LogP contribution in [-0.4, -0.2) is 9.97 Å². The van der Waals surface area contributed by atoms with Crippen molar-refractivity contribution in [3.63, 3.8) is 0 Å². The van der Waals surface area contributed by atoms with E-state index in [0.29, 0.717) is 17.8 Å². The number of nitrogens with one attached hydrogen (secondary N) is 1. The van der Waals surface area contributed by atoms with Crippen LogP contribution in [0.3, 0.4) is 0 Å². The van der Waals surface area contributed by atoms with Gasteiger partial charge in [0.15, 0.2) is 0 Å². The smallest absolute Gasteiger partial charge is 0.251 e. The second kappa shape index (κ2) is 3.31. The Hall–Kier alpha value is -1.38. The summed E-state index contributed by atoms with van der Waals surface area (Å²) in [6.45, 7) is 0. The van der Waals surface area contributed by atoms with E-state index in [-0.39, 0.29) is 5.56 Å². The molecule has 17 heavy (non-hydrogen) atoms. The lowest BCUT2D eigenvalue weighted by molar-refractivity contribution is 0.564. The first-order valence-corrected chi connectivity index (χ1v) is 6.59. The van der Waals surface area contributed by atoms with Crippen LogP contribution in [0.1, 0.15) is 49.0 Å². The second-order valence-electron chi connectivity index (χ2n) is 5.72. The zero-order chi connectivity index (χ0) is 11.4.